The quantitative estimate of drug-likeness (QED) is 0.195. The van der Waals surface area contributed by atoms with E-state index in [4.69, 9.17) is 38.6 Å². The van der Waals surface area contributed by atoms with Crippen molar-refractivity contribution < 1.29 is 57.8 Å². The van der Waals surface area contributed by atoms with E-state index in [1.54, 1.807) is 56.3 Å². The van der Waals surface area contributed by atoms with Crippen molar-refractivity contribution in [1.29, 1.82) is 0 Å². The Labute approximate surface area is 249 Å². The normalized spacial score (nSPS) is 15.6. The van der Waals surface area contributed by atoms with Crippen molar-refractivity contribution in [3.05, 3.63) is 72.8 Å². The molecule has 12 nitrogen and oxygen atoms in total. The average Bonchev–Trinajstić information content (AvgIpc) is 3.20. The first-order valence-corrected chi connectivity index (χ1v) is 13.1. The second-order valence-electron chi connectivity index (χ2n) is 9.59. The summed E-state index contributed by atoms with van der Waals surface area (Å²) < 4.78 is 30.9. The van der Waals surface area contributed by atoms with Gasteiger partial charge in [-0.3, -0.25) is 9.59 Å². The largest absolute Gasteiger partial charge is 0.493 e. The highest BCUT2D eigenvalue weighted by Crippen LogP contribution is 2.31. The fourth-order valence-electron chi connectivity index (χ4n) is 3.75. The monoisotopic (exact) mass is 600 g/mol. The van der Waals surface area contributed by atoms with Crippen LogP contribution in [0.5, 0.6) is 23.0 Å². The lowest BCUT2D eigenvalue weighted by Crippen LogP contribution is -2.25. The van der Waals surface area contributed by atoms with Crippen molar-refractivity contribution in [3.8, 4) is 23.0 Å². The second kappa shape index (κ2) is 16.1. The Hall–Kier alpha value is -4.68. The Morgan fingerprint density at radius 2 is 1.40 bits per heavy atom. The van der Waals surface area contributed by atoms with Crippen molar-refractivity contribution >= 4 is 23.9 Å². The predicted molar refractivity (Wildman–Crippen MR) is 153 cm³/mol. The summed E-state index contributed by atoms with van der Waals surface area (Å²) in [5, 5.41) is 17.6. The van der Waals surface area contributed by atoms with Crippen molar-refractivity contribution in [2.24, 2.45) is 0 Å². The van der Waals surface area contributed by atoms with E-state index in [2.05, 4.69) is 13.2 Å². The number of hydrogen-bond donors (Lipinski definition) is 2. The van der Waals surface area contributed by atoms with E-state index in [9.17, 15) is 19.2 Å². The molecule has 0 aromatic heterocycles. The highest BCUT2D eigenvalue weighted by molar-refractivity contribution is 5.84. The van der Waals surface area contributed by atoms with E-state index in [1.165, 1.54) is 14.2 Å². The number of carboxylic acid groups (broad SMARTS) is 1. The Balaban J connectivity index is 0.000000304. The SMILES string of the molecule is C=CCc1ccc(OC(=O)C[C@@H]2OC(C)(C)OC2=O)c(OC)c1.C=CCc1ccc(OC(=O)C[C@H](O)C(=O)O)c(OC)c1. The standard InChI is InChI=1S/C17H20O6.C14H16O6/c1-5-6-11-7-8-12(13(9-11)20-4)21-15(18)10-14-16(19)23-17(2,3)22-14;1-3-4-9-5-6-11(12(7-9)19-2)20-13(16)8-10(15)14(17)18/h5,7-9,14H,1,6,10H2,2-4H3;3,5-7,10,15H,1,4,8H2,2H3,(H,17,18)/t14-;10-/m00/s1. The van der Waals surface area contributed by atoms with Gasteiger partial charge in [0.25, 0.3) is 0 Å². The van der Waals surface area contributed by atoms with Gasteiger partial charge in [-0.1, -0.05) is 24.3 Å². The number of aliphatic hydroxyl groups is 1. The second-order valence-corrected chi connectivity index (χ2v) is 9.59. The van der Waals surface area contributed by atoms with E-state index in [0.717, 1.165) is 11.1 Å². The van der Waals surface area contributed by atoms with Gasteiger partial charge in [-0.15, -0.1) is 13.2 Å². The zero-order valence-electron chi connectivity index (χ0n) is 24.5. The number of hydrogen-bond acceptors (Lipinski definition) is 11. The summed E-state index contributed by atoms with van der Waals surface area (Å²) in [6.45, 7) is 10.5. The molecule has 2 aromatic rings. The third-order valence-corrected chi connectivity index (χ3v) is 5.70. The van der Waals surface area contributed by atoms with Crippen LogP contribution >= 0.6 is 0 Å². The van der Waals surface area contributed by atoms with Gasteiger partial charge in [0, 0.05) is 13.8 Å². The summed E-state index contributed by atoms with van der Waals surface area (Å²) in [4.78, 5) is 45.6. The minimum absolute atomic E-state index is 0.169. The molecule has 1 aliphatic heterocycles. The third kappa shape index (κ3) is 10.9. The first kappa shape index (κ1) is 34.5. The zero-order valence-corrected chi connectivity index (χ0v) is 24.5. The van der Waals surface area contributed by atoms with E-state index >= 15 is 0 Å². The van der Waals surface area contributed by atoms with Gasteiger partial charge in [-0.05, 0) is 48.2 Å². The Morgan fingerprint density at radius 1 is 0.907 bits per heavy atom. The van der Waals surface area contributed by atoms with Crippen molar-refractivity contribution in [1.82, 2.24) is 0 Å². The van der Waals surface area contributed by atoms with Crippen LogP contribution in [0.4, 0.5) is 0 Å². The maximum atomic E-state index is 12.0. The molecule has 0 spiro atoms. The number of esters is 3. The lowest BCUT2D eigenvalue weighted by atomic mass is 10.1. The Morgan fingerprint density at radius 3 is 1.79 bits per heavy atom. The van der Waals surface area contributed by atoms with Gasteiger partial charge in [0.05, 0.1) is 27.1 Å². The van der Waals surface area contributed by atoms with Crippen LogP contribution in [0.15, 0.2) is 61.7 Å². The summed E-state index contributed by atoms with van der Waals surface area (Å²) >= 11 is 0. The maximum absolute atomic E-state index is 12.0. The summed E-state index contributed by atoms with van der Waals surface area (Å²) in [7, 11) is 2.92. The van der Waals surface area contributed by atoms with E-state index in [0.29, 0.717) is 24.3 Å². The molecule has 2 aromatic carbocycles. The number of carbonyl (C=O) groups excluding carboxylic acids is 3. The molecule has 0 aliphatic carbocycles. The van der Waals surface area contributed by atoms with Crippen LogP contribution < -0.4 is 18.9 Å². The Kier molecular flexibility index (Phi) is 12.9. The first-order valence-electron chi connectivity index (χ1n) is 13.1. The van der Waals surface area contributed by atoms with Gasteiger partial charge in [0.1, 0.15) is 0 Å². The van der Waals surface area contributed by atoms with Crippen LogP contribution in [0.25, 0.3) is 0 Å². The molecule has 43 heavy (non-hydrogen) atoms. The number of carboxylic acids is 1. The maximum Gasteiger partial charge on any atom is 0.338 e. The highest BCUT2D eigenvalue weighted by atomic mass is 16.8. The smallest absolute Gasteiger partial charge is 0.338 e. The van der Waals surface area contributed by atoms with Crippen LogP contribution in [0.2, 0.25) is 0 Å². The molecule has 0 bridgehead atoms. The summed E-state index contributed by atoms with van der Waals surface area (Å²) in [5.74, 6) is -3.27. The molecule has 1 aliphatic rings. The average molecular weight is 601 g/mol. The van der Waals surface area contributed by atoms with Gasteiger partial charge in [-0.2, -0.15) is 0 Å². The van der Waals surface area contributed by atoms with Crippen LogP contribution in [-0.4, -0.2) is 66.3 Å². The highest BCUT2D eigenvalue weighted by Gasteiger charge is 2.42. The molecule has 12 heteroatoms. The zero-order chi connectivity index (χ0) is 32.2. The number of methoxy groups -OCH3 is 2. The molecule has 1 saturated heterocycles. The minimum atomic E-state index is -1.78. The number of rotatable bonds is 13. The molecule has 3 rings (SSSR count). The molecule has 2 N–H and O–H groups in total. The molecular weight excluding hydrogens is 564 g/mol. The van der Waals surface area contributed by atoms with Crippen LogP contribution in [-0.2, 0) is 41.5 Å². The van der Waals surface area contributed by atoms with E-state index in [1.807, 2.05) is 6.07 Å². The fourth-order valence-corrected chi connectivity index (χ4v) is 3.75. The number of ether oxygens (including phenoxy) is 6. The molecule has 232 valence electrons. The predicted octanol–water partition coefficient (Wildman–Crippen LogP) is 3.56. The van der Waals surface area contributed by atoms with Crippen LogP contribution in [0.3, 0.4) is 0 Å². The molecule has 1 fully saturated rings. The van der Waals surface area contributed by atoms with Crippen molar-refractivity contribution in [3.63, 3.8) is 0 Å². The summed E-state index contributed by atoms with van der Waals surface area (Å²) in [6, 6.07) is 10.2. The van der Waals surface area contributed by atoms with Gasteiger partial charge in [-0.25, -0.2) is 9.59 Å². The summed E-state index contributed by atoms with van der Waals surface area (Å²) in [5.41, 5.74) is 1.92. The van der Waals surface area contributed by atoms with Crippen molar-refractivity contribution in [2.45, 2.75) is 57.5 Å². The number of carbonyl (C=O) groups is 4. The number of allylic oxidation sites excluding steroid dienone is 2. The molecule has 0 unspecified atom stereocenters. The minimum Gasteiger partial charge on any atom is -0.493 e. The Bertz CT molecular complexity index is 1330. The third-order valence-electron chi connectivity index (χ3n) is 5.70. The van der Waals surface area contributed by atoms with E-state index < -0.39 is 48.3 Å². The molecule has 0 saturated carbocycles. The van der Waals surface area contributed by atoms with Crippen LogP contribution in [0, 0.1) is 0 Å². The lowest BCUT2D eigenvalue weighted by Gasteiger charge is -2.15. The molecule has 0 radical (unpaired) electrons. The van der Waals surface area contributed by atoms with Gasteiger partial charge in [0.15, 0.2) is 35.2 Å². The van der Waals surface area contributed by atoms with Crippen molar-refractivity contribution in [2.75, 3.05) is 14.2 Å². The van der Waals surface area contributed by atoms with Gasteiger partial charge in [0.2, 0.25) is 5.79 Å². The fraction of sp³-hybridized carbons (Fsp3) is 0.355. The van der Waals surface area contributed by atoms with Gasteiger partial charge < -0.3 is 38.6 Å². The first-order chi connectivity index (χ1) is 20.3. The number of aliphatic hydroxyl groups excluding tert-OH is 1. The topological polar surface area (TPSA) is 164 Å². The molecule has 2 atom stereocenters. The molecule has 1 heterocycles. The lowest BCUT2D eigenvalue weighted by molar-refractivity contribution is -0.161. The number of cyclic esters (lactones) is 1. The summed E-state index contributed by atoms with van der Waals surface area (Å²) in [6.07, 6.45) is 1.22. The molecule has 0 amide bonds. The van der Waals surface area contributed by atoms with Crippen LogP contribution in [0.1, 0.15) is 37.8 Å². The number of benzene rings is 2. The molecular formula is C31H36O12. The number of aliphatic carboxylic acids is 1. The van der Waals surface area contributed by atoms with Gasteiger partial charge >= 0.3 is 23.9 Å². The van der Waals surface area contributed by atoms with E-state index in [-0.39, 0.29) is 17.9 Å².